The van der Waals surface area contributed by atoms with Crippen LogP contribution >= 0.6 is 0 Å². The van der Waals surface area contributed by atoms with Gasteiger partial charge in [-0.15, -0.1) is 0 Å². The molecule has 1 aliphatic carbocycles. The van der Waals surface area contributed by atoms with Gasteiger partial charge >= 0.3 is 0 Å². The van der Waals surface area contributed by atoms with Crippen LogP contribution in [0.25, 0.3) is 0 Å². The van der Waals surface area contributed by atoms with Gasteiger partial charge in [0.1, 0.15) is 0 Å². The molecule has 92 valence electrons. The number of hydrogen-bond acceptors (Lipinski definition) is 3. The van der Waals surface area contributed by atoms with Gasteiger partial charge in [0.25, 0.3) is 0 Å². The van der Waals surface area contributed by atoms with Crippen molar-refractivity contribution in [3.8, 4) is 0 Å². The summed E-state index contributed by atoms with van der Waals surface area (Å²) in [6, 6.07) is 0.167. The topological polar surface area (TPSA) is 66.6 Å². The van der Waals surface area contributed by atoms with Gasteiger partial charge in [-0.3, -0.25) is 9.69 Å². The Hall–Kier alpha value is -0.610. The van der Waals surface area contributed by atoms with Crippen molar-refractivity contribution in [1.29, 1.82) is 0 Å². The molecule has 0 aromatic heterocycles. The van der Waals surface area contributed by atoms with E-state index in [1.807, 2.05) is 6.92 Å². The van der Waals surface area contributed by atoms with Gasteiger partial charge in [0.15, 0.2) is 0 Å². The van der Waals surface area contributed by atoms with E-state index in [2.05, 4.69) is 4.90 Å². The molecule has 1 amide bonds. The molecule has 0 radical (unpaired) electrons. The zero-order chi connectivity index (χ0) is 11.7. The largest absolute Gasteiger partial charge is 0.393 e. The van der Waals surface area contributed by atoms with Crippen LogP contribution in [-0.2, 0) is 4.79 Å². The van der Waals surface area contributed by atoms with Crippen LogP contribution in [0.5, 0.6) is 0 Å². The Morgan fingerprint density at radius 2 is 2.12 bits per heavy atom. The molecule has 1 saturated carbocycles. The fourth-order valence-electron chi connectivity index (χ4n) is 3.34. The summed E-state index contributed by atoms with van der Waals surface area (Å²) in [7, 11) is 0. The first-order valence-corrected chi connectivity index (χ1v) is 6.34. The highest BCUT2D eigenvalue weighted by Gasteiger charge is 2.40. The maximum absolute atomic E-state index is 11.2. The van der Waals surface area contributed by atoms with E-state index in [1.165, 1.54) is 0 Å². The number of likely N-dealkylation sites (tertiary alicyclic amines) is 1. The summed E-state index contributed by atoms with van der Waals surface area (Å²) < 4.78 is 0. The summed E-state index contributed by atoms with van der Waals surface area (Å²) in [5, 5.41) is 9.94. The van der Waals surface area contributed by atoms with Gasteiger partial charge in [-0.05, 0) is 39.2 Å². The molecule has 4 heteroatoms. The fraction of sp³-hybridized carbons (Fsp3) is 0.917. The van der Waals surface area contributed by atoms with Gasteiger partial charge in [-0.25, -0.2) is 0 Å². The molecule has 4 nitrogen and oxygen atoms in total. The molecule has 1 saturated heterocycles. The van der Waals surface area contributed by atoms with E-state index in [0.29, 0.717) is 12.0 Å². The van der Waals surface area contributed by atoms with Gasteiger partial charge in [-0.1, -0.05) is 6.42 Å². The minimum atomic E-state index is -0.251. The Morgan fingerprint density at radius 3 is 2.69 bits per heavy atom. The summed E-state index contributed by atoms with van der Waals surface area (Å²) in [4.78, 5) is 13.4. The summed E-state index contributed by atoms with van der Waals surface area (Å²) in [6.45, 7) is 2.82. The van der Waals surface area contributed by atoms with Crippen LogP contribution in [0.4, 0.5) is 0 Å². The number of amides is 1. The molecule has 2 fully saturated rings. The molecule has 0 spiro atoms. The molecular formula is C12H22N2O2. The van der Waals surface area contributed by atoms with Crippen molar-refractivity contribution in [2.24, 2.45) is 11.7 Å². The number of nitrogens with two attached hydrogens (primary N) is 1. The van der Waals surface area contributed by atoms with Crippen LogP contribution in [0.3, 0.4) is 0 Å². The summed E-state index contributed by atoms with van der Waals surface area (Å²) in [6.07, 6.45) is 5.16. The fourth-order valence-corrected chi connectivity index (χ4v) is 3.34. The molecule has 4 unspecified atom stereocenters. The van der Waals surface area contributed by atoms with Crippen molar-refractivity contribution in [3.63, 3.8) is 0 Å². The zero-order valence-corrected chi connectivity index (χ0v) is 9.93. The number of carbonyl (C=O) groups is 1. The standard InChI is InChI=1S/C12H22N2O2/c1-8(12(13)16)14-7-3-5-10(14)9-4-2-6-11(9)15/h8-11,15H,2-7H2,1H3,(H2,13,16). The summed E-state index contributed by atoms with van der Waals surface area (Å²) in [5.74, 6) is 0.101. The molecule has 2 rings (SSSR count). The number of hydrogen-bond donors (Lipinski definition) is 2. The second-order valence-corrected chi connectivity index (χ2v) is 5.19. The quantitative estimate of drug-likeness (QED) is 0.736. The van der Waals surface area contributed by atoms with Crippen LogP contribution in [0, 0.1) is 5.92 Å². The minimum Gasteiger partial charge on any atom is -0.393 e. The van der Waals surface area contributed by atoms with Crippen LogP contribution in [0.15, 0.2) is 0 Å². The molecular weight excluding hydrogens is 204 g/mol. The number of aliphatic hydroxyl groups excluding tert-OH is 1. The smallest absolute Gasteiger partial charge is 0.234 e. The summed E-state index contributed by atoms with van der Waals surface area (Å²) >= 11 is 0. The predicted molar refractivity (Wildman–Crippen MR) is 61.7 cm³/mol. The second-order valence-electron chi connectivity index (χ2n) is 5.19. The highest BCUT2D eigenvalue weighted by atomic mass is 16.3. The van der Waals surface area contributed by atoms with Crippen LogP contribution in [-0.4, -0.2) is 40.6 Å². The molecule has 0 aromatic carbocycles. The van der Waals surface area contributed by atoms with E-state index in [9.17, 15) is 9.90 Å². The number of nitrogens with zero attached hydrogens (tertiary/aromatic N) is 1. The third-order valence-electron chi connectivity index (χ3n) is 4.28. The van der Waals surface area contributed by atoms with Gasteiger partial charge in [0.05, 0.1) is 12.1 Å². The maximum atomic E-state index is 11.2. The van der Waals surface area contributed by atoms with Crippen molar-refractivity contribution < 1.29 is 9.90 Å². The Balaban J connectivity index is 2.05. The highest BCUT2D eigenvalue weighted by Crippen LogP contribution is 2.36. The number of primary amides is 1. The van der Waals surface area contributed by atoms with Crippen molar-refractivity contribution in [1.82, 2.24) is 4.90 Å². The number of rotatable bonds is 3. The molecule has 0 bridgehead atoms. The Kier molecular flexibility index (Phi) is 3.50. The monoisotopic (exact) mass is 226 g/mol. The molecule has 1 aliphatic heterocycles. The van der Waals surface area contributed by atoms with Crippen LogP contribution in [0.2, 0.25) is 0 Å². The first-order valence-electron chi connectivity index (χ1n) is 6.34. The van der Waals surface area contributed by atoms with Crippen molar-refractivity contribution >= 4 is 5.91 Å². The van der Waals surface area contributed by atoms with E-state index in [0.717, 1.165) is 38.6 Å². The highest BCUT2D eigenvalue weighted by molar-refractivity contribution is 5.79. The van der Waals surface area contributed by atoms with Crippen LogP contribution in [0.1, 0.15) is 39.0 Å². The SMILES string of the molecule is CC(C(N)=O)N1CCCC1C1CCCC1O. The van der Waals surface area contributed by atoms with Gasteiger partial charge in [0.2, 0.25) is 5.91 Å². The molecule has 4 atom stereocenters. The first kappa shape index (κ1) is 11.9. The van der Waals surface area contributed by atoms with E-state index < -0.39 is 0 Å². The van der Waals surface area contributed by atoms with Crippen molar-refractivity contribution in [3.05, 3.63) is 0 Å². The third-order valence-corrected chi connectivity index (χ3v) is 4.28. The first-order chi connectivity index (χ1) is 7.61. The van der Waals surface area contributed by atoms with E-state index >= 15 is 0 Å². The van der Waals surface area contributed by atoms with Gasteiger partial charge in [-0.2, -0.15) is 0 Å². The maximum Gasteiger partial charge on any atom is 0.234 e. The zero-order valence-electron chi connectivity index (χ0n) is 9.93. The third kappa shape index (κ3) is 2.09. The molecule has 16 heavy (non-hydrogen) atoms. The summed E-state index contributed by atoms with van der Waals surface area (Å²) in [5.41, 5.74) is 5.37. The molecule has 2 aliphatic rings. The lowest BCUT2D eigenvalue weighted by atomic mass is 9.93. The minimum absolute atomic E-state index is 0.175. The number of aliphatic hydroxyl groups is 1. The Morgan fingerprint density at radius 1 is 1.38 bits per heavy atom. The molecule has 1 heterocycles. The van der Waals surface area contributed by atoms with E-state index in [1.54, 1.807) is 0 Å². The number of carbonyl (C=O) groups excluding carboxylic acids is 1. The Labute approximate surface area is 96.8 Å². The van der Waals surface area contributed by atoms with Crippen molar-refractivity contribution in [2.75, 3.05) is 6.54 Å². The average molecular weight is 226 g/mol. The molecule has 3 N–H and O–H groups in total. The lowest BCUT2D eigenvalue weighted by molar-refractivity contribution is -0.123. The van der Waals surface area contributed by atoms with E-state index in [-0.39, 0.29) is 18.1 Å². The lowest BCUT2D eigenvalue weighted by Crippen LogP contribution is -2.48. The Bertz CT molecular complexity index is 270. The second kappa shape index (κ2) is 4.72. The average Bonchev–Trinajstić information content (AvgIpc) is 2.84. The van der Waals surface area contributed by atoms with Gasteiger partial charge in [0, 0.05) is 12.0 Å². The van der Waals surface area contributed by atoms with Crippen molar-refractivity contribution in [2.45, 2.75) is 57.2 Å². The normalized spacial score (nSPS) is 37.8. The lowest BCUT2D eigenvalue weighted by Gasteiger charge is -2.34. The molecule has 0 aromatic rings. The van der Waals surface area contributed by atoms with E-state index in [4.69, 9.17) is 5.73 Å². The van der Waals surface area contributed by atoms with Gasteiger partial charge < -0.3 is 10.8 Å². The predicted octanol–water partition coefficient (Wildman–Crippen LogP) is 0.486. The van der Waals surface area contributed by atoms with Crippen LogP contribution < -0.4 is 5.73 Å².